The topological polar surface area (TPSA) is 35.6 Å². The fraction of sp³-hybridized carbons (Fsp3) is 0.933. The molecule has 0 radical (unpaired) electrons. The van der Waals surface area contributed by atoms with Gasteiger partial charge in [-0.15, -0.1) is 0 Å². The van der Waals surface area contributed by atoms with Crippen molar-refractivity contribution in [2.24, 2.45) is 0 Å². The van der Waals surface area contributed by atoms with Crippen molar-refractivity contribution in [1.82, 2.24) is 15.1 Å². The second-order valence-corrected chi connectivity index (χ2v) is 6.72. The highest BCUT2D eigenvalue weighted by Crippen LogP contribution is 2.36. The standard InChI is InChI=1S/C15H29N3O/c1-12-7-5-8-13(16-12)14(19)18(4)11-15(17(2)3)9-6-10-15/h12-13,16H,5-11H2,1-4H3. The maximum absolute atomic E-state index is 12.5. The Morgan fingerprint density at radius 3 is 2.37 bits per heavy atom. The summed E-state index contributed by atoms with van der Waals surface area (Å²) in [5.74, 6) is 0.277. The van der Waals surface area contributed by atoms with Gasteiger partial charge in [0.25, 0.3) is 0 Å². The Bertz CT molecular complexity index is 325. The number of carbonyl (C=O) groups excluding carboxylic acids is 1. The van der Waals surface area contributed by atoms with Crippen molar-refractivity contribution in [2.45, 2.75) is 63.1 Å². The lowest BCUT2D eigenvalue weighted by Crippen LogP contribution is -2.60. The summed E-state index contributed by atoms with van der Waals surface area (Å²) in [5.41, 5.74) is 0.227. The lowest BCUT2D eigenvalue weighted by atomic mass is 9.75. The van der Waals surface area contributed by atoms with Gasteiger partial charge in [0.2, 0.25) is 5.91 Å². The third kappa shape index (κ3) is 3.11. The normalized spacial score (nSPS) is 29.9. The van der Waals surface area contributed by atoms with Gasteiger partial charge in [-0.25, -0.2) is 0 Å². The van der Waals surface area contributed by atoms with Gasteiger partial charge in [-0.3, -0.25) is 4.79 Å². The molecule has 2 aliphatic rings. The van der Waals surface area contributed by atoms with Crippen molar-refractivity contribution in [1.29, 1.82) is 0 Å². The molecule has 2 fully saturated rings. The fourth-order valence-electron chi connectivity index (χ4n) is 3.45. The molecule has 19 heavy (non-hydrogen) atoms. The van der Waals surface area contributed by atoms with Crippen molar-refractivity contribution in [3.05, 3.63) is 0 Å². The van der Waals surface area contributed by atoms with Gasteiger partial charge >= 0.3 is 0 Å². The number of hydrogen-bond donors (Lipinski definition) is 1. The number of hydrogen-bond acceptors (Lipinski definition) is 3. The van der Waals surface area contributed by atoms with E-state index in [0.717, 1.165) is 19.4 Å². The molecule has 1 saturated heterocycles. The minimum absolute atomic E-state index is 0.0352. The number of likely N-dealkylation sites (N-methyl/N-ethyl adjacent to an activating group) is 2. The van der Waals surface area contributed by atoms with Crippen LogP contribution in [0.3, 0.4) is 0 Å². The van der Waals surface area contributed by atoms with E-state index >= 15 is 0 Å². The van der Waals surface area contributed by atoms with E-state index in [1.807, 2.05) is 11.9 Å². The molecule has 1 amide bonds. The molecule has 1 heterocycles. The molecule has 0 aromatic carbocycles. The zero-order valence-corrected chi connectivity index (χ0v) is 12.9. The quantitative estimate of drug-likeness (QED) is 0.837. The molecule has 1 aliphatic heterocycles. The largest absolute Gasteiger partial charge is 0.343 e. The van der Waals surface area contributed by atoms with Gasteiger partial charge in [-0.2, -0.15) is 0 Å². The second kappa shape index (κ2) is 5.80. The van der Waals surface area contributed by atoms with Gasteiger partial charge in [0.15, 0.2) is 0 Å². The lowest BCUT2D eigenvalue weighted by Gasteiger charge is -2.49. The van der Waals surface area contributed by atoms with Crippen LogP contribution in [-0.2, 0) is 4.79 Å². The number of amides is 1. The van der Waals surface area contributed by atoms with Crippen LogP contribution in [-0.4, -0.2) is 61.0 Å². The summed E-state index contributed by atoms with van der Waals surface area (Å²) in [6.07, 6.45) is 7.06. The van der Waals surface area contributed by atoms with Crippen LogP contribution in [0.25, 0.3) is 0 Å². The summed E-state index contributed by atoms with van der Waals surface area (Å²) in [6.45, 7) is 3.04. The van der Waals surface area contributed by atoms with Crippen LogP contribution in [0.15, 0.2) is 0 Å². The monoisotopic (exact) mass is 267 g/mol. The Balaban J connectivity index is 1.91. The average Bonchev–Trinajstić information content (AvgIpc) is 2.32. The van der Waals surface area contributed by atoms with Gasteiger partial charge < -0.3 is 15.1 Å². The third-order valence-electron chi connectivity index (χ3n) is 5.05. The molecule has 0 bridgehead atoms. The van der Waals surface area contributed by atoms with Gasteiger partial charge in [0.05, 0.1) is 6.04 Å². The predicted molar refractivity (Wildman–Crippen MR) is 78.1 cm³/mol. The summed E-state index contributed by atoms with van der Waals surface area (Å²) in [5, 5.41) is 3.44. The minimum Gasteiger partial charge on any atom is -0.343 e. The molecule has 1 saturated carbocycles. The smallest absolute Gasteiger partial charge is 0.239 e. The Morgan fingerprint density at radius 2 is 1.89 bits per heavy atom. The molecule has 2 unspecified atom stereocenters. The fourth-order valence-corrected chi connectivity index (χ4v) is 3.45. The predicted octanol–water partition coefficient (Wildman–Crippen LogP) is 1.46. The van der Waals surface area contributed by atoms with Crippen LogP contribution >= 0.6 is 0 Å². The molecule has 0 aromatic heterocycles. The third-order valence-corrected chi connectivity index (χ3v) is 5.05. The van der Waals surface area contributed by atoms with Gasteiger partial charge in [-0.1, -0.05) is 0 Å². The molecule has 2 atom stereocenters. The van der Waals surface area contributed by atoms with E-state index in [1.165, 1.54) is 25.7 Å². The van der Waals surface area contributed by atoms with Crippen LogP contribution in [0.4, 0.5) is 0 Å². The molecule has 110 valence electrons. The van der Waals surface area contributed by atoms with Gasteiger partial charge in [0, 0.05) is 25.2 Å². The maximum Gasteiger partial charge on any atom is 0.239 e. The molecule has 4 heteroatoms. The van der Waals surface area contributed by atoms with Crippen LogP contribution < -0.4 is 5.32 Å². The number of nitrogens with zero attached hydrogens (tertiary/aromatic N) is 2. The Morgan fingerprint density at radius 1 is 1.21 bits per heavy atom. The Kier molecular flexibility index (Phi) is 4.51. The van der Waals surface area contributed by atoms with Crippen LogP contribution in [0.2, 0.25) is 0 Å². The average molecular weight is 267 g/mol. The van der Waals surface area contributed by atoms with Crippen molar-refractivity contribution >= 4 is 5.91 Å². The first kappa shape index (κ1) is 14.8. The highest BCUT2D eigenvalue weighted by atomic mass is 16.2. The number of carbonyl (C=O) groups is 1. The second-order valence-electron chi connectivity index (χ2n) is 6.72. The van der Waals surface area contributed by atoms with E-state index in [9.17, 15) is 4.79 Å². The first-order valence-corrected chi connectivity index (χ1v) is 7.63. The van der Waals surface area contributed by atoms with Crippen LogP contribution in [0.1, 0.15) is 45.4 Å². The van der Waals surface area contributed by atoms with E-state index in [2.05, 4.69) is 31.2 Å². The Hall–Kier alpha value is -0.610. The van der Waals surface area contributed by atoms with E-state index < -0.39 is 0 Å². The van der Waals surface area contributed by atoms with Crippen LogP contribution in [0, 0.1) is 0 Å². The lowest BCUT2D eigenvalue weighted by molar-refractivity contribution is -0.135. The highest BCUT2D eigenvalue weighted by molar-refractivity contribution is 5.81. The maximum atomic E-state index is 12.5. The van der Waals surface area contributed by atoms with Gasteiger partial charge in [-0.05, 0) is 59.5 Å². The van der Waals surface area contributed by atoms with Crippen molar-refractivity contribution < 1.29 is 4.79 Å². The van der Waals surface area contributed by atoms with Crippen molar-refractivity contribution in [3.63, 3.8) is 0 Å². The van der Waals surface area contributed by atoms with E-state index in [1.54, 1.807) is 0 Å². The molecule has 0 spiro atoms. The molecule has 4 nitrogen and oxygen atoms in total. The van der Waals surface area contributed by atoms with Gasteiger partial charge in [0.1, 0.15) is 0 Å². The van der Waals surface area contributed by atoms with E-state index in [-0.39, 0.29) is 17.5 Å². The summed E-state index contributed by atoms with van der Waals surface area (Å²) >= 11 is 0. The number of rotatable bonds is 4. The first-order chi connectivity index (χ1) is 8.94. The summed E-state index contributed by atoms with van der Waals surface area (Å²) in [6, 6.07) is 0.510. The summed E-state index contributed by atoms with van der Waals surface area (Å²) < 4.78 is 0. The molecule has 2 rings (SSSR count). The Labute approximate surface area is 117 Å². The zero-order valence-electron chi connectivity index (χ0n) is 12.9. The van der Waals surface area contributed by atoms with Crippen molar-refractivity contribution in [3.8, 4) is 0 Å². The summed E-state index contributed by atoms with van der Waals surface area (Å²) in [4.78, 5) is 16.8. The molecule has 1 N–H and O–H groups in total. The molecular formula is C15H29N3O. The summed E-state index contributed by atoms with van der Waals surface area (Å²) in [7, 11) is 6.24. The zero-order chi connectivity index (χ0) is 14.0. The minimum atomic E-state index is 0.0352. The molecule has 1 aliphatic carbocycles. The van der Waals surface area contributed by atoms with Crippen molar-refractivity contribution in [2.75, 3.05) is 27.7 Å². The highest BCUT2D eigenvalue weighted by Gasteiger charge is 2.41. The first-order valence-electron chi connectivity index (χ1n) is 7.63. The SMILES string of the molecule is CC1CCCC(C(=O)N(C)CC2(N(C)C)CCC2)N1. The molecule has 0 aromatic rings. The van der Waals surface area contributed by atoms with E-state index in [4.69, 9.17) is 0 Å². The number of nitrogens with one attached hydrogen (secondary N) is 1. The van der Waals surface area contributed by atoms with E-state index in [0.29, 0.717) is 6.04 Å². The molecular weight excluding hydrogens is 238 g/mol. The van der Waals surface area contributed by atoms with Crippen LogP contribution in [0.5, 0.6) is 0 Å². The number of piperidine rings is 1.